The van der Waals surface area contributed by atoms with Gasteiger partial charge in [0.25, 0.3) is 0 Å². The van der Waals surface area contributed by atoms with Crippen LogP contribution < -0.4 is 20.3 Å². The molecule has 1 aliphatic rings. The van der Waals surface area contributed by atoms with Crippen molar-refractivity contribution in [1.82, 2.24) is 15.5 Å². The summed E-state index contributed by atoms with van der Waals surface area (Å²) >= 11 is 5.93. The molecular formula is C23H24ClN5O2. The second-order valence-corrected chi connectivity index (χ2v) is 7.86. The number of nitrogens with one attached hydrogen (secondary N) is 2. The Hall–Kier alpha value is -3.32. The summed E-state index contributed by atoms with van der Waals surface area (Å²) in [5.74, 6) is 0.906. The van der Waals surface area contributed by atoms with Gasteiger partial charge in [-0.15, -0.1) is 0 Å². The quantitative estimate of drug-likeness (QED) is 0.621. The van der Waals surface area contributed by atoms with Gasteiger partial charge in [0.2, 0.25) is 0 Å². The largest absolute Gasteiger partial charge is 0.497 e. The number of anilines is 2. The van der Waals surface area contributed by atoms with Crippen molar-refractivity contribution in [2.75, 3.05) is 30.4 Å². The van der Waals surface area contributed by atoms with Crippen molar-refractivity contribution < 1.29 is 9.53 Å². The zero-order valence-electron chi connectivity index (χ0n) is 17.2. The number of piperidine rings is 1. The van der Waals surface area contributed by atoms with Crippen LogP contribution in [0.1, 0.15) is 17.9 Å². The lowest BCUT2D eigenvalue weighted by Crippen LogP contribution is -2.50. The molecule has 2 amide bonds. The van der Waals surface area contributed by atoms with Gasteiger partial charge in [0.05, 0.1) is 25.2 Å². The van der Waals surface area contributed by atoms with Crippen molar-refractivity contribution in [1.29, 1.82) is 0 Å². The molecule has 1 aromatic heterocycles. The first-order chi connectivity index (χ1) is 15.1. The lowest BCUT2D eigenvalue weighted by atomic mass is 9.85. The molecule has 7 nitrogen and oxygen atoms in total. The molecule has 3 aromatic rings. The second-order valence-electron chi connectivity index (χ2n) is 7.43. The topological polar surface area (TPSA) is 79.4 Å². The molecule has 1 fully saturated rings. The Morgan fingerprint density at radius 2 is 1.87 bits per heavy atom. The Bertz CT molecular complexity index is 999. The number of ether oxygens (including phenoxy) is 1. The van der Waals surface area contributed by atoms with Gasteiger partial charge in [0.1, 0.15) is 5.75 Å². The van der Waals surface area contributed by atoms with Crippen LogP contribution >= 0.6 is 11.6 Å². The smallest absolute Gasteiger partial charge is 0.319 e. The predicted octanol–water partition coefficient (Wildman–Crippen LogP) is 4.32. The van der Waals surface area contributed by atoms with E-state index >= 15 is 0 Å². The number of carbonyl (C=O) groups excluding carboxylic acids is 1. The summed E-state index contributed by atoms with van der Waals surface area (Å²) in [6, 6.07) is 16.8. The van der Waals surface area contributed by atoms with E-state index in [2.05, 4.69) is 37.9 Å². The minimum Gasteiger partial charge on any atom is -0.497 e. The van der Waals surface area contributed by atoms with Crippen molar-refractivity contribution in [3.8, 4) is 5.75 Å². The molecule has 4 rings (SSSR count). The third-order valence-electron chi connectivity index (χ3n) is 5.51. The number of nitrogens with zero attached hydrogens (tertiary/aromatic N) is 3. The first-order valence-corrected chi connectivity index (χ1v) is 10.5. The fraction of sp³-hybridized carbons (Fsp3) is 0.261. The van der Waals surface area contributed by atoms with E-state index < -0.39 is 0 Å². The Morgan fingerprint density at radius 1 is 1.10 bits per heavy atom. The SMILES string of the molecule is COc1ccc(C2CN(c3ccnnc3)CCC2NC(=O)Nc2ccc(Cl)cc2)cc1. The number of hydrogen-bond donors (Lipinski definition) is 2. The maximum atomic E-state index is 12.7. The number of aromatic nitrogens is 2. The molecule has 0 saturated carbocycles. The third-order valence-corrected chi connectivity index (χ3v) is 5.76. The molecule has 31 heavy (non-hydrogen) atoms. The van der Waals surface area contributed by atoms with Crippen LogP contribution in [0.4, 0.5) is 16.2 Å². The summed E-state index contributed by atoms with van der Waals surface area (Å²) in [6.07, 6.45) is 4.26. The van der Waals surface area contributed by atoms with Crippen LogP contribution in [-0.2, 0) is 0 Å². The second kappa shape index (κ2) is 9.66. The van der Waals surface area contributed by atoms with Crippen LogP contribution in [0.15, 0.2) is 67.0 Å². The summed E-state index contributed by atoms with van der Waals surface area (Å²) in [5, 5.41) is 14.6. The Kier molecular flexibility index (Phi) is 6.52. The van der Waals surface area contributed by atoms with Gasteiger partial charge < -0.3 is 20.3 Å². The highest BCUT2D eigenvalue weighted by Crippen LogP contribution is 2.31. The van der Waals surface area contributed by atoms with Gasteiger partial charge in [0.15, 0.2) is 0 Å². The highest BCUT2D eigenvalue weighted by atomic mass is 35.5. The van der Waals surface area contributed by atoms with Gasteiger partial charge in [-0.2, -0.15) is 10.2 Å². The fourth-order valence-corrected chi connectivity index (χ4v) is 4.01. The van der Waals surface area contributed by atoms with Crippen molar-refractivity contribution in [2.45, 2.75) is 18.4 Å². The van der Waals surface area contributed by atoms with Crippen molar-refractivity contribution in [2.24, 2.45) is 0 Å². The average Bonchev–Trinajstić information content (AvgIpc) is 2.81. The van der Waals surface area contributed by atoms with Gasteiger partial charge in [-0.3, -0.25) is 0 Å². The van der Waals surface area contributed by atoms with E-state index in [0.29, 0.717) is 10.7 Å². The number of methoxy groups -OCH3 is 1. The van der Waals surface area contributed by atoms with Gasteiger partial charge in [0, 0.05) is 35.8 Å². The van der Waals surface area contributed by atoms with Crippen LogP contribution in [0.5, 0.6) is 5.75 Å². The Labute approximate surface area is 186 Å². The van der Waals surface area contributed by atoms with Crippen LogP contribution in [0, 0.1) is 0 Å². The van der Waals surface area contributed by atoms with Crippen LogP contribution in [0.2, 0.25) is 5.02 Å². The van der Waals surface area contributed by atoms with Crippen molar-refractivity contribution >= 4 is 29.0 Å². The molecular weight excluding hydrogens is 414 g/mol. The minimum atomic E-state index is -0.232. The van der Waals surface area contributed by atoms with Crippen molar-refractivity contribution in [3.63, 3.8) is 0 Å². The van der Waals surface area contributed by atoms with E-state index in [1.165, 1.54) is 0 Å². The number of rotatable bonds is 5. The third kappa shape index (κ3) is 5.24. The van der Waals surface area contributed by atoms with Crippen LogP contribution in [-0.4, -0.2) is 42.5 Å². The number of amides is 2. The number of carbonyl (C=O) groups is 1. The molecule has 2 N–H and O–H groups in total. The molecule has 2 atom stereocenters. The van der Waals surface area contributed by atoms with E-state index in [9.17, 15) is 4.79 Å². The molecule has 2 unspecified atom stereocenters. The summed E-state index contributed by atoms with van der Waals surface area (Å²) < 4.78 is 5.30. The molecule has 2 aromatic carbocycles. The first kappa shape index (κ1) is 20.9. The lowest BCUT2D eigenvalue weighted by Gasteiger charge is -2.40. The number of urea groups is 1. The van der Waals surface area contributed by atoms with Crippen LogP contribution in [0.3, 0.4) is 0 Å². The summed E-state index contributed by atoms with van der Waals surface area (Å²) in [7, 11) is 1.65. The van der Waals surface area contributed by atoms with Gasteiger partial charge in [-0.25, -0.2) is 4.79 Å². The number of benzene rings is 2. The zero-order chi connectivity index (χ0) is 21.6. The normalized spacial score (nSPS) is 18.3. The van der Waals surface area contributed by atoms with Gasteiger partial charge in [-0.05, 0) is 54.4 Å². The van der Waals surface area contributed by atoms with E-state index in [1.807, 2.05) is 18.2 Å². The van der Waals surface area contributed by atoms with Gasteiger partial charge >= 0.3 is 6.03 Å². The van der Waals surface area contributed by atoms with E-state index in [0.717, 1.165) is 36.5 Å². The molecule has 0 aliphatic carbocycles. The maximum Gasteiger partial charge on any atom is 0.319 e. The zero-order valence-corrected chi connectivity index (χ0v) is 17.9. The monoisotopic (exact) mass is 437 g/mol. The highest BCUT2D eigenvalue weighted by Gasteiger charge is 2.32. The molecule has 0 spiro atoms. The van der Waals surface area contributed by atoms with Gasteiger partial charge in [-0.1, -0.05) is 23.7 Å². The number of hydrogen-bond acceptors (Lipinski definition) is 5. The predicted molar refractivity (Wildman–Crippen MR) is 122 cm³/mol. The molecule has 1 saturated heterocycles. The fourth-order valence-electron chi connectivity index (χ4n) is 3.89. The maximum absolute atomic E-state index is 12.7. The first-order valence-electron chi connectivity index (χ1n) is 10.1. The Morgan fingerprint density at radius 3 is 2.55 bits per heavy atom. The summed E-state index contributed by atoms with van der Waals surface area (Å²) in [6.45, 7) is 1.56. The Balaban J connectivity index is 1.51. The lowest BCUT2D eigenvalue weighted by molar-refractivity contribution is 0.243. The molecule has 1 aliphatic heterocycles. The van der Waals surface area contributed by atoms with E-state index in [1.54, 1.807) is 43.8 Å². The van der Waals surface area contributed by atoms with Crippen LogP contribution in [0.25, 0.3) is 0 Å². The molecule has 0 radical (unpaired) electrons. The molecule has 160 valence electrons. The standard InChI is InChI=1S/C23H24ClN5O2/c1-31-20-8-2-16(3-9-20)21-15-29(19-10-12-25-26-14-19)13-11-22(21)28-23(30)27-18-6-4-17(24)5-7-18/h2-10,12,14,21-22H,11,13,15H2,1H3,(H2,27,28,30). The average molecular weight is 438 g/mol. The number of halogens is 1. The van der Waals surface area contributed by atoms with E-state index in [4.69, 9.17) is 16.3 Å². The molecule has 2 heterocycles. The van der Waals surface area contributed by atoms with E-state index in [-0.39, 0.29) is 18.0 Å². The molecule has 0 bridgehead atoms. The van der Waals surface area contributed by atoms with Crippen molar-refractivity contribution in [3.05, 3.63) is 77.6 Å². The minimum absolute atomic E-state index is 0.0215. The highest BCUT2D eigenvalue weighted by molar-refractivity contribution is 6.30. The summed E-state index contributed by atoms with van der Waals surface area (Å²) in [4.78, 5) is 15.0. The molecule has 8 heteroatoms. The summed E-state index contributed by atoms with van der Waals surface area (Å²) in [5.41, 5.74) is 2.87.